The van der Waals surface area contributed by atoms with Crippen molar-refractivity contribution < 1.29 is 22.6 Å². The van der Waals surface area contributed by atoms with Gasteiger partial charge in [-0.05, 0) is 37.8 Å². The summed E-state index contributed by atoms with van der Waals surface area (Å²) in [5, 5.41) is 0. The zero-order valence-electron chi connectivity index (χ0n) is 16.8. The van der Waals surface area contributed by atoms with Crippen molar-refractivity contribution in [1.82, 2.24) is 9.97 Å². The van der Waals surface area contributed by atoms with Crippen molar-refractivity contribution in [2.75, 3.05) is 7.11 Å². The van der Waals surface area contributed by atoms with E-state index in [2.05, 4.69) is 11.7 Å². The maximum Gasteiger partial charge on any atom is 0.573 e. The average molecular weight is 396 g/mol. The number of hydrogen-bond acceptors (Lipinski definition) is 4. The number of nitrogens with zero attached hydrogens (tertiary/aromatic N) is 2. The third kappa shape index (κ3) is 5.59. The van der Waals surface area contributed by atoms with Gasteiger partial charge < -0.3 is 9.47 Å². The van der Waals surface area contributed by atoms with Crippen LogP contribution in [0.5, 0.6) is 11.5 Å². The van der Waals surface area contributed by atoms with E-state index >= 15 is 0 Å². The van der Waals surface area contributed by atoms with Crippen molar-refractivity contribution in [1.29, 1.82) is 0 Å². The van der Waals surface area contributed by atoms with Gasteiger partial charge in [-0.25, -0.2) is 4.98 Å². The van der Waals surface area contributed by atoms with Crippen LogP contribution in [0.4, 0.5) is 13.2 Å². The number of aromatic nitrogens is 2. The Bertz CT molecular complexity index is 792. The molecule has 0 aliphatic heterocycles. The van der Waals surface area contributed by atoms with Gasteiger partial charge in [-0.15, -0.1) is 13.2 Å². The minimum absolute atomic E-state index is 0.270. The molecule has 2 aromatic rings. The van der Waals surface area contributed by atoms with E-state index in [9.17, 15) is 13.2 Å². The monoisotopic (exact) mass is 396 g/mol. The first kappa shape index (κ1) is 22.0. The molecular weight excluding hydrogens is 369 g/mol. The van der Waals surface area contributed by atoms with Gasteiger partial charge in [0.15, 0.2) is 0 Å². The van der Waals surface area contributed by atoms with Crippen LogP contribution in [-0.2, 0) is 19.3 Å². The molecule has 1 aromatic carbocycles. The third-order valence-electron chi connectivity index (χ3n) is 4.47. The SMILES string of the molecule is CCCCCc1nc(CC)c(-c2ccc(OC(F)(F)F)cc2OC)nc1CC. The molecule has 7 heteroatoms. The summed E-state index contributed by atoms with van der Waals surface area (Å²) in [4.78, 5) is 9.66. The minimum atomic E-state index is -4.75. The van der Waals surface area contributed by atoms with E-state index in [1.54, 1.807) is 6.07 Å². The van der Waals surface area contributed by atoms with Crippen molar-refractivity contribution in [3.05, 3.63) is 35.3 Å². The standard InChI is InChI=1S/C21H27F3N2O2/c1-5-8-9-10-18-16(6-2)26-20(17(7-3)25-18)15-12-11-14(13-19(15)27-4)28-21(22,23)24/h11-13H,5-10H2,1-4H3. The Hall–Kier alpha value is -2.31. The van der Waals surface area contributed by atoms with Crippen LogP contribution in [0.25, 0.3) is 11.3 Å². The molecule has 1 heterocycles. The van der Waals surface area contributed by atoms with Gasteiger partial charge in [0, 0.05) is 11.6 Å². The molecule has 0 unspecified atom stereocenters. The van der Waals surface area contributed by atoms with Gasteiger partial charge in [0.25, 0.3) is 0 Å². The van der Waals surface area contributed by atoms with E-state index < -0.39 is 6.36 Å². The highest BCUT2D eigenvalue weighted by Crippen LogP contribution is 2.36. The van der Waals surface area contributed by atoms with Crippen LogP contribution < -0.4 is 9.47 Å². The lowest BCUT2D eigenvalue weighted by Gasteiger charge is -2.16. The minimum Gasteiger partial charge on any atom is -0.496 e. The average Bonchev–Trinajstić information content (AvgIpc) is 2.66. The number of ether oxygens (including phenoxy) is 2. The zero-order valence-corrected chi connectivity index (χ0v) is 16.8. The number of unbranched alkanes of at least 4 members (excludes halogenated alkanes) is 2. The van der Waals surface area contributed by atoms with Crippen LogP contribution in [0, 0.1) is 0 Å². The quantitative estimate of drug-likeness (QED) is 0.495. The molecule has 0 aliphatic rings. The predicted octanol–water partition coefficient (Wildman–Crippen LogP) is 5.91. The number of alkyl halides is 3. The summed E-state index contributed by atoms with van der Waals surface area (Å²) in [6.07, 6.45) is 0.872. The normalized spacial score (nSPS) is 11.5. The predicted molar refractivity (Wildman–Crippen MR) is 103 cm³/mol. The van der Waals surface area contributed by atoms with Crippen molar-refractivity contribution in [3.8, 4) is 22.8 Å². The van der Waals surface area contributed by atoms with Gasteiger partial charge in [-0.2, -0.15) is 0 Å². The summed E-state index contributed by atoms with van der Waals surface area (Å²) in [5.74, 6) is -0.0578. The first-order valence-corrected chi connectivity index (χ1v) is 9.65. The van der Waals surface area contributed by atoms with Crippen molar-refractivity contribution in [2.45, 2.75) is 65.7 Å². The van der Waals surface area contributed by atoms with Gasteiger partial charge in [0.2, 0.25) is 0 Å². The van der Waals surface area contributed by atoms with Crippen molar-refractivity contribution in [2.24, 2.45) is 0 Å². The molecule has 4 nitrogen and oxygen atoms in total. The first-order chi connectivity index (χ1) is 13.3. The molecule has 1 aromatic heterocycles. The Morgan fingerprint density at radius 3 is 2.21 bits per heavy atom. The number of rotatable bonds is 9. The second-order valence-corrected chi connectivity index (χ2v) is 6.49. The zero-order chi connectivity index (χ0) is 20.7. The van der Waals surface area contributed by atoms with E-state index in [1.165, 1.54) is 19.2 Å². The summed E-state index contributed by atoms with van der Waals surface area (Å²) in [5.41, 5.74) is 3.99. The molecule has 0 saturated carbocycles. The van der Waals surface area contributed by atoms with E-state index in [0.29, 0.717) is 17.7 Å². The molecule has 28 heavy (non-hydrogen) atoms. The van der Waals surface area contributed by atoms with Crippen LogP contribution in [-0.4, -0.2) is 23.4 Å². The molecular formula is C21H27F3N2O2. The largest absolute Gasteiger partial charge is 0.573 e. The molecule has 0 radical (unpaired) electrons. The fourth-order valence-electron chi connectivity index (χ4n) is 3.10. The van der Waals surface area contributed by atoms with Crippen LogP contribution in [0.3, 0.4) is 0 Å². The Morgan fingerprint density at radius 2 is 1.64 bits per heavy atom. The number of methoxy groups -OCH3 is 1. The van der Waals surface area contributed by atoms with Crippen LogP contribution in [0.15, 0.2) is 18.2 Å². The molecule has 0 atom stereocenters. The molecule has 0 aliphatic carbocycles. The van der Waals surface area contributed by atoms with Crippen molar-refractivity contribution in [3.63, 3.8) is 0 Å². The van der Waals surface area contributed by atoms with Crippen LogP contribution in [0.2, 0.25) is 0 Å². The highest BCUT2D eigenvalue weighted by molar-refractivity contribution is 5.70. The second kappa shape index (κ2) is 9.75. The van der Waals surface area contributed by atoms with Gasteiger partial charge in [-0.1, -0.05) is 33.6 Å². The summed E-state index contributed by atoms with van der Waals surface area (Å²) >= 11 is 0. The van der Waals surface area contributed by atoms with E-state index in [-0.39, 0.29) is 11.5 Å². The number of aryl methyl sites for hydroxylation is 3. The number of halogens is 3. The third-order valence-corrected chi connectivity index (χ3v) is 4.47. The highest BCUT2D eigenvalue weighted by Gasteiger charge is 2.31. The van der Waals surface area contributed by atoms with Gasteiger partial charge >= 0.3 is 6.36 Å². The fraction of sp³-hybridized carbons (Fsp3) is 0.524. The highest BCUT2D eigenvalue weighted by atomic mass is 19.4. The molecule has 154 valence electrons. The fourth-order valence-corrected chi connectivity index (χ4v) is 3.10. The Kier molecular flexibility index (Phi) is 7.66. The number of hydrogen-bond donors (Lipinski definition) is 0. The van der Waals surface area contributed by atoms with E-state index in [4.69, 9.17) is 14.7 Å². The second-order valence-electron chi connectivity index (χ2n) is 6.49. The van der Waals surface area contributed by atoms with Crippen LogP contribution >= 0.6 is 0 Å². The first-order valence-electron chi connectivity index (χ1n) is 9.65. The lowest BCUT2D eigenvalue weighted by molar-refractivity contribution is -0.274. The Morgan fingerprint density at radius 1 is 0.929 bits per heavy atom. The van der Waals surface area contributed by atoms with Crippen molar-refractivity contribution >= 4 is 0 Å². The Balaban J connectivity index is 2.48. The summed E-state index contributed by atoms with van der Waals surface area (Å²) in [6, 6.07) is 4.04. The Labute approximate surface area is 164 Å². The summed E-state index contributed by atoms with van der Waals surface area (Å²) < 4.78 is 46.8. The lowest BCUT2D eigenvalue weighted by Crippen LogP contribution is -2.17. The molecule has 0 bridgehead atoms. The maximum atomic E-state index is 12.5. The summed E-state index contributed by atoms with van der Waals surface area (Å²) in [6.45, 7) is 6.17. The molecule has 0 fully saturated rings. The maximum absolute atomic E-state index is 12.5. The molecule has 0 spiro atoms. The van der Waals surface area contributed by atoms with E-state index in [0.717, 1.165) is 49.2 Å². The van der Waals surface area contributed by atoms with E-state index in [1.807, 2.05) is 13.8 Å². The lowest BCUT2D eigenvalue weighted by atomic mass is 10.0. The van der Waals surface area contributed by atoms with Gasteiger partial charge in [-0.3, -0.25) is 4.98 Å². The van der Waals surface area contributed by atoms with Gasteiger partial charge in [0.05, 0.1) is 29.9 Å². The smallest absolute Gasteiger partial charge is 0.496 e. The molecule has 0 N–H and O–H groups in total. The number of benzene rings is 1. The topological polar surface area (TPSA) is 44.2 Å². The summed E-state index contributed by atoms with van der Waals surface area (Å²) in [7, 11) is 1.41. The van der Waals surface area contributed by atoms with Crippen LogP contribution in [0.1, 0.15) is 57.1 Å². The molecule has 0 saturated heterocycles. The molecule has 0 amide bonds. The molecule has 2 rings (SSSR count). The van der Waals surface area contributed by atoms with Gasteiger partial charge in [0.1, 0.15) is 11.5 Å².